The molecule has 11 nitrogen and oxygen atoms in total. The summed E-state index contributed by atoms with van der Waals surface area (Å²) in [4.78, 5) is 30.7. The SMILES string of the molecule is Cc1cc(Nc2cc(C(=O)N3CCC3)nc(N3CCCC3c3cc(-c4ccccn4)no3)n2)n[nH]1. The van der Waals surface area contributed by atoms with Gasteiger partial charge < -0.3 is 19.6 Å². The lowest BCUT2D eigenvalue weighted by Gasteiger charge is -2.31. The zero-order chi connectivity index (χ0) is 23.8. The van der Waals surface area contributed by atoms with Crippen molar-refractivity contribution in [1.29, 1.82) is 0 Å². The van der Waals surface area contributed by atoms with E-state index in [1.165, 1.54) is 0 Å². The number of aromatic nitrogens is 6. The number of H-pyrrole nitrogens is 1. The average Bonchev–Trinajstić information content (AvgIpc) is 3.59. The summed E-state index contributed by atoms with van der Waals surface area (Å²) in [6, 6.07) is 11.1. The van der Waals surface area contributed by atoms with Crippen LogP contribution < -0.4 is 10.2 Å². The third-order valence-corrected chi connectivity index (χ3v) is 6.33. The molecule has 35 heavy (non-hydrogen) atoms. The van der Waals surface area contributed by atoms with Crippen molar-refractivity contribution in [2.45, 2.75) is 32.2 Å². The van der Waals surface area contributed by atoms with Gasteiger partial charge in [0.05, 0.1) is 11.7 Å². The predicted molar refractivity (Wildman–Crippen MR) is 128 cm³/mol. The van der Waals surface area contributed by atoms with Crippen LogP contribution in [0.5, 0.6) is 0 Å². The van der Waals surface area contributed by atoms with Gasteiger partial charge in [0, 0.05) is 49.7 Å². The minimum Gasteiger partial charge on any atom is -0.358 e. The maximum absolute atomic E-state index is 13.0. The molecule has 11 heteroatoms. The Hall–Kier alpha value is -4.28. The lowest BCUT2D eigenvalue weighted by atomic mass is 10.1. The van der Waals surface area contributed by atoms with Crippen LogP contribution in [-0.4, -0.2) is 60.7 Å². The first-order valence-corrected chi connectivity index (χ1v) is 11.8. The second-order valence-electron chi connectivity index (χ2n) is 8.83. The van der Waals surface area contributed by atoms with Crippen LogP contribution in [0.3, 0.4) is 0 Å². The van der Waals surface area contributed by atoms with Gasteiger partial charge in [-0.05, 0) is 38.3 Å². The number of likely N-dealkylation sites (tertiary alicyclic amines) is 1. The Morgan fingerprint density at radius 3 is 2.74 bits per heavy atom. The first kappa shape index (κ1) is 21.3. The number of pyridine rings is 1. The number of carbonyl (C=O) groups is 1. The summed E-state index contributed by atoms with van der Waals surface area (Å²) in [5, 5.41) is 14.6. The minimum absolute atomic E-state index is 0.0881. The number of aromatic amines is 1. The zero-order valence-corrected chi connectivity index (χ0v) is 19.3. The van der Waals surface area contributed by atoms with Crippen molar-refractivity contribution in [2.24, 2.45) is 0 Å². The predicted octanol–water partition coefficient (Wildman–Crippen LogP) is 3.49. The molecule has 6 rings (SSSR count). The van der Waals surface area contributed by atoms with Gasteiger partial charge in [-0.3, -0.25) is 14.9 Å². The summed E-state index contributed by atoms with van der Waals surface area (Å²) < 4.78 is 5.73. The first-order valence-electron chi connectivity index (χ1n) is 11.8. The summed E-state index contributed by atoms with van der Waals surface area (Å²) in [6.07, 6.45) is 4.56. The van der Waals surface area contributed by atoms with Crippen LogP contribution >= 0.6 is 0 Å². The molecule has 2 saturated heterocycles. The van der Waals surface area contributed by atoms with Crippen molar-refractivity contribution in [2.75, 3.05) is 29.9 Å². The Morgan fingerprint density at radius 1 is 1.09 bits per heavy atom. The quantitative estimate of drug-likeness (QED) is 0.434. The van der Waals surface area contributed by atoms with E-state index in [4.69, 9.17) is 9.51 Å². The summed E-state index contributed by atoms with van der Waals surface area (Å²) >= 11 is 0. The Kier molecular flexibility index (Phi) is 5.36. The summed E-state index contributed by atoms with van der Waals surface area (Å²) in [5.41, 5.74) is 2.73. The minimum atomic E-state index is -0.0889. The van der Waals surface area contributed by atoms with E-state index in [0.29, 0.717) is 29.0 Å². The number of amides is 1. The van der Waals surface area contributed by atoms with Crippen LogP contribution in [0.4, 0.5) is 17.6 Å². The summed E-state index contributed by atoms with van der Waals surface area (Å²) in [6.45, 7) is 4.17. The maximum atomic E-state index is 13.0. The molecular weight excluding hydrogens is 446 g/mol. The second kappa shape index (κ2) is 8.82. The molecule has 0 saturated carbocycles. The van der Waals surface area contributed by atoms with E-state index < -0.39 is 0 Å². The van der Waals surface area contributed by atoms with E-state index in [0.717, 1.165) is 56.0 Å². The Bertz CT molecular complexity index is 1350. The van der Waals surface area contributed by atoms with Crippen molar-refractivity contribution in [3.05, 3.63) is 59.7 Å². The molecule has 0 bridgehead atoms. The molecular formula is C24H25N9O2. The number of aryl methyl sites for hydroxylation is 1. The number of hydrogen-bond donors (Lipinski definition) is 2. The third kappa shape index (κ3) is 4.20. The Morgan fingerprint density at radius 2 is 2.00 bits per heavy atom. The van der Waals surface area contributed by atoms with E-state index >= 15 is 0 Å². The molecule has 178 valence electrons. The van der Waals surface area contributed by atoms with Gasteiger partial charge in [0.25, 0.3) is 5.91 Å². The molecule has 0 radical (unpaired) electrons. The summed E-state index contributed by atoms with van der Waals surface area (Å²) in [5.74, 6) is 2.26. The average molecular weight is 472 g/mol. The monoisotopic (exact) mass is 471 g/mol. The van der Waals surface area contributed by atoms with Gasteiger partial charge in [-0.25, -0.2) is 4.98 Å². The number of nitrogens with zero attached hydrogens (tertiary/aromatic N) is 7. The van der Waals surface area contributed by atoms with Crippen LogP contribution in [0, 0.1) is 6.92 Å². The normalized spacial score (nSPS) is 17.5. The van der Waals surface area contributed by atoms with Crippen LogP contribution in [0.25, 0.3) is 11.4 Å². The fourth-order valence-corrected chi connectivity index (χ4v) is 4.41. The largest absolute Gasteiger partial charge is 0.358 e. The lowest BCUT2D eigenvalue weighted by molar-refractivity contribution is 0.0645. The van der Waals surface area contributed by atoms with Crippen molar-refractivity contribution in [1.82, 2.24) is 35.2 Å². The molecule has 4 aromatic rings. The van der Waals surface area contributed by atoms with Crippen molar-refractivity contribution in [3.63, 3.8) is 0 Å². The molecule has 1 unspecified atom stereocenters. The first-order chi connectivity index (χ1) is 17.1. The molecule has 2 fully saturated rings. The lowest BCUT2D eigenvalue weighted by Crippen LogP contribution is -2.42. The molecule has 2 aliphatic heterocycles. The van der Waals surface area contributed by atoms with E-state index in [1.807, 2.05) is 37.3 Å². The van der Waals surface area contributed by atoms with Crippen LogP contribution in [0.1, 0.15) is 47.2 Å². The Labute approximate surface area is 201 Å². The van der Waals surface area contributed by atoms with Crippen LogP contribution in [-0.2, 0) is 0 Å². The highest BCUT2D eigenvalue weighted by Crippen LogP contribution is 2.36. The van der Waals surface area contributed by atoms with E-state index in [1.54, 1.807) is 17.2 Å². The van der Waals surface area contributed by atoms with Crippen LogP contribution in [0.15, 0.2) is 47.1 Å². The number of rotatable bonds is 6. The molecule has 2 aliphatic rings. The number of hydrogen-bond acceptors (Lipinski definition) is 9. The zero-order valence-electron chi connectivity index (χ0n) is 19.3. The fraction of sp³-hybridized carbons (Fsp3) is 0.333. The fourth-order valence-electron chi connectivity index (χ4n) is 4.41. The van der Waals surface area contributed by atoms with Gasteiger partial charge >= 0.3 is 0 Å². The van der Waals surface area contributed by atoms with E-state index in [9.17, 15) is 4.79 Å². The van der Waals surface area contributed by atoms with Gasteiger partial charge in [0.2, 0.25) is 5.95 Å². The molecule has 2 N–H and O–H groups in total. The second-order valence-corrected chi connectivity index (χ2v) is 8.83. The van der Waals surface area contributed by atoms with Gasteiger partial charge in [-0.15, -0.1) is 0 Å². The molecule has 1 atom stereocenters. The molecule has 0 aliphatic carbocycles. The highest BCUT2D eigenvalue weighted by atomic mass is 16.5. The van der Waals surface area contributed by atoms with Gasteiger partial charge in [0.1, 0.15) is 17.2 Å². The smallest absolute Gasteiger partial charge is 0.272 e. The molecule has 0 spiro atoms. The molecule has 6 heterocycles. The molecule has 1 amide bonds. The highest BCUT2D eigenvalue weighted by molar-refractivity contribution is 5.94. The van der Waals surface area contributed by atoms with E-state index in [2.05, 4.69) is 35.5 Å². The van der Waals surface area contributed by atoms with Gasteiger partial charge in [0.15, 0.2) is 11.6 Å². The third-order valence-electron chi connectivity index (χ3n) is 6.33. The maximum Gasteiger partial charge on any atom is 0.272 e. The Balaban J connectivity index is 1.33. The van der Waals surface area contributed by atoms with Crippen molar-refractivity contribution >= 4 is 23.5 Å². The van der Waals surface area contributed by atoms with Crippen molar-refractivity contribution in [3.8, 4) is 11.4 Å². The highest BCUT2D eigenvalue weighted by Gasteiger charge is 2.33. The van der Waals surface area contributed by atoms with Gasteiger partial charge in [-0.2, -0.15) is 10.1 Å². The number of carbonyl (C=O) groups excluding carboxylic acids is 1. The van der Waals surface area contributed by atoms with Crippen molar-refractivity contribution < 1.29 is 9.32 Å². The number of nitrogens with one attached hydrogen (secondary N) is 2. The number of anilines is 3. The van der Waals surface area contributed by atoms with Gasteiger partial charge in [-0.1, -0.05) is 11.2 Å². The standard InChI is InChI=1S/C24H25N9O2/c1-15-12-22(30-29-15)27-21-14-18(23(34)32-9-5-10-32)26-24(28-21)33-11-4-7-19(33)20-13-17(31-35-20)16-6-2-3-8-25-16/h2-3,6,8,12-14,19H,4-5,7,9-11H2,1H3,(H2,26,27,28,29,30). The topological polar surface area (TPSA) is 129 Å². The van der Waals surface area contributed by atoms with E-state index in [-0.39, 0.29) is 11.9 Å². The molecule has 0 aromatic carbocycles. The summed E-state index contributed by atoms with van der Waals surface area (Å²) in [7, 11) is 0. The molecule has 4 aromatic heterocycles. The van der Waals surface area contributed by atoms with Crippen LogP contribution in [0.2, 0.25) is 0 Å².